The van der Waals surface area contributed by atoms with Crippen LogP contribution in [0, 0.1) is 0 Å². The number of nitrogens with zero attached hydrogens (tertiary/aromatic N) is 2. The second-order valence-electron chi connectivity index (χ2n) is 14.8. The summed E-state index contributed by atoms with van der Waals surface area (Å²) in [5.74, 6) is 0. The number of hydrogen-bond acceptors (Lipinski definition) is 2. The maximum Gasteiger partial charge on any atom is 0.0694 e. The molecule has 1 aromatic heterocycles. The van der Waals surface area contributed by atoms with Gasteiger partial charge in [-0.25, -0.2) is 0 Å². The van der Waals surface area contributed by atoms with Crippen molar-refractivity contribution < 1.29 is 0 Å². The molecule has 0 aliphatic heterocycles. The van der Waals surface area contributed by atoms with Crippen LogP contribution in [0.25, 0.3) is 60.9 Å². The molecule has 0 amide bonds. The van der Waals surface area contributed by atoms with Crippen molar-refractivity contribution in [3.05, 3.63) is 199 Å². The van der Waals surface area contributed by atoms with Crippen molar-refractivity contribution in [2.45, 2.75) is 19.3 Å². The Balaban J connectivity index is 1.09. The quantitative estimate of drug-likeness (QED) is 0.176. The predicted octanol–water partition coefficient (Wildman–Crippen LogP) is 13.5. The van der Waals surface area contributed by atoms with Gasteiger partial charge in [-0.2, -0.15) is 0 Å². The summed E-state index contributed by atoms with van der Waals surface area (Å²) in [4.78, 5) is 2.31. The molecule has 0 fully saturated rings. The minimum absolute atomic E-state index is 0.221. The third-order valence-electron chi connectivity index (χ3n) is 11.4. The van der Waals surface area contributed by atoms with Crippen molar-refractivity contribution in [2.75, 3.05) is 10.6 Å². The van der Waals surface area contributed by atoms with Gasteiger partial charge in [0, 0.05) is 33.2 Å². The van der Waals surface area contributed by atoms with Gasteiger partial charge in [-0.1, -0.05) is 141 Å². The molecule has 0 unspecified atom stereocenters. The fourth-order valence-corrected chi connectivity index (χ4v) is 8.77. The number of benzene rings is 8. The zero-order valence-electron chi connectivity index (χ0n) is 30.4. The Hall–Kier alpha value is -6.84. The molecule has 54 heavy (non-hydrogen) atoms. The van der Waals surface area contributed by atoms with Gasteiger partial charge in [-0.15, -0.1) is 0 Å². The average Bonchev–Trinajstić information content (AvgIpc) is 3.68. The van der Waals surface area contributed by atoms with E-state index in [-0.39, 0.29) is 5.41 Å². The van der Waals surface area contributed by atoms with Gasteiger partial charge < -0.3 is 15.2 Å². The Morgan fingerprint density at radius 2 is 1.02 bits per heavy atom. The molecule has 8 aromatic carbocycles. The zero-order valence-corrected chi connectivity index (χ0v) is 30.4. The highest BCUT2D eigenvalue weighted by Crippen LogP contribution is 2.54. The summed E-state index contributed by atoms with van der Waals surface area (Å²) in [5, 5.41) is 2.49. The summed E-state index contributed by atoms with van der Waals surface area (Å²) in [6.45, 7) is 4.58. The van der Waals surface area contributed by atoms with Crippen molar-refractivity contribution in [3.8, 4) is 39.1 Å². The highest BCUT2D eigenvalue weighted by molar-refractivity contribution is 6.10. The van der Waals surface area contributed by atoms with E-state index in [1.165, 1.54) is 60.8 Å². The first-order valence-corrected chi connectivity index (χ1v) is 18.6. The fourth-order valence-electron chi connectivity index (χ4n) is 8.77. The number of fused-ring (bicyclic) bond motifs is 6. The summed E-state index contributed by atoms with van der Waals surface area (Å²) in [5.41, 5.74) is 24.2. The monoisotopic (exact) mass is 693 g/mol. The smallest absolute Gasteiger partial charge is 0.0694 e. The minimum atomic E-state index is -0.221. The third kappa shape index (κ3) is 4.97. The second kappa shape index (κ2) is 12.4. The number of nitrogens with two attached hydrogens (primary N) is 1. The summed E-state index contributed by atoms with van der Waals surface area (Å²) in [7, 11) is 0. The van der Waals surface area contributed by atoms with E-state index in [1.807, 2.05) is 0 Å². The van der Waals surface area contributed by atoms with Gasteiger partial charge in [0.1, 0.15) is 0 Å². The molecule has 3 nitrogen and oxygen atoms in total. The maximum absolute atomic E-state index is 7.31. The molecule has 10 rings (SSSR count). The first-order valence-electron chi connectivity index (χ1n) is 18.6. The molecule has 1 heterocycles. The van der Waals surface area contributed by atoms with Crippen molar-refractivity contribution in [1.82, 2.24) is 4.57 Å². The van der Waals surface area contributed by atoms with E-state index in [1.54, 1.807) is 0 Å². The Morgan fingerprint density at radius 3 is 1.74 bits per heavy atom. The van der Waals surface area contributed by atoms with Crippen LogP contribution in [-0.2, 0) is 5.41 Å². The molecule has 0 atom stereocenters. The molecule has 0 radical (unpaired) electrons. The third-order valence-corrected chi connectivity index (χ3v) is 11.4. The first-order chi connectivity index (χ1) is 26.5. The number of para-hydroxylation sites is 2. The number of aromatic nitrogens is 1. The molecule has 0 bridgehead atoms. The van der Waals surface area contributed by atoms with E-state index in [0.29, 0.717) is 0 Å². The Bertz CT molecular complexity index is 2830. The van der Waals surface area contributed by atoms with Gasteiger partial charge in [0.15, 0.2) is 0 Å². The molecule has 9 aromatic rings. The van der Waals surface area contributed by atoms with Crippen LogP contribution >= 0.6 is 0 Å². The van der Waals surface area contributed by atoms with Crippen molar-refractivity contribution in [2.24, 2.45) is 0 Å². The number of anilines is 4. The largest absolute Gasteiger partial charge is 0.397 e. The van der Waals surface area contributed by atoms with Crippen LogP contribution in [0.3, 0.4) is 0 Å². The SMILES string of the molecule is CC1(C)c2ccccc2-c2ccc(N(c3ccc(-c4ccccc4)cc3)c3ccc(-c4ccc5c(c4)c4ccccc4n5-c4ccccc4)cc3)c(N)c21. The highest BCUT2D eigenvalue weighted by atomic mass is 15.2. The maximum atomic E-state index is 7.31. The van der Waals surface area contributed by atoms with E-state index >= 15 is 0 Å². The van der Waals surface area contributed by atoms with E-state index in [9.17, 15) is 0 Å². The lowest BCUT2D eigenvalue weighted by Crippen LogP contribution is -2.19. The molecule has 258 valence electrons. The standard InChI is InChI=1S/C51H39N3/c1-51(2)45-19-11-9-17-41(45)43-30-32-48(50(52)49(43)51)53(39-26-21-35(22-27-39)34-13-5-3-6-14-34)40-28-23-36(24-29-40)37-25-31-47-44(33-37)42-18-10-12-20-46(42)54(47)38-15-7-4-8-16-38/h3-33H,52H2,1-2H3. The lowest BCUT2D eigenvalue weighted by Gasteiger charge is -2.30. The fraction of sp³-hybridized carbons (Fsp3) is 0.0588. The van der Waals surface area contributed by atoms with E-state index in [4.69, 9.17) is 5.73 Å². The Morgan fingerprint density at radius 1 is 0.463 bits per heavy atom. The Labute approximate surface area is 316 Å². The highest BCUT2D eigenvalue weighted by Gasteiger charge is 2.38. The lowest BCUT2D eigenvalue weighted by molar-refractivity contribution is 0.663. The van der Waals surface area contributed by atoms with Crippen LogP contribution < -0.4 is 10.6 Å². The van der Waals surface area contributed by atoms with Crippen molar-refractivity contribution in [1.29, 1.82) is 0 Å². The Kier molecular flexibility index (Phi) is 7.31. The summed E-state index contributed by atoms with van der Waals surface area (Å²) in [6, 6.07) is 67.6. The lowest BCUT2D eigenvalue weighted by atomic mass is 9.81. The topological polar surface area (TPSA) is 34.2 Å². The number of rotatable bonds is 6. The minimum Gasteiger partial charge on any atom is -0.397 e. The summed E-state index contributed by atoms with van der Waals surface area (Å²) in [6.07, 6.45) is 0. The van der Waals surface area contributed by atoms with Crippen LogP contribution in [0.1, 0.15) is 25.0 Å². The van der Waals surface area contributed by atoms with Gasteiger partial charge in [-0.05, 0) is 105 Å². The van der Waals surface area contributed by atoms with Crippen LogP contribution in [0.2, 0.25) is 0 Å². The van der Waals surface area contributed by atoms with E-state index in [2.05, 4.69) is 211 Å². The van der Waals surface area contributed by atoms with Gasteiger partial charge in [0.05, 0.1) is 22.4 Å². The van der Waals surface area contributed by atoms with Crippen LogP contribution in [0.15, 0.2) is 188 Å². The van der Waals surface area contributed by atoms with Crippen LogP contribution in [-0.4, -0.2) is 4.57 Å². The molecular weight excluding hydrogens is 655 g/mol. The summed E-state index contributed by atoms with van der Waals surface area (Å²) < 4.78 is 2.36. The van der Waals surface area contributed by atoms with Gasteiger partial charge in [0.25, 0.3) is 0 Å². The molecule has 2 N–H and O–H groups in total. The van der Waals surface area contributed by atoms with E-state index < -0.39 is 0 Å². The molecular formula is C51H39N3. The molecule has 3 heteroatoms. The van der Waals surface area contributed by atoms with Crippen LogP contribution in [0.5, 0.6) is 0 Å². The predicted molar refractivity (Wildman–Crippen MR) is 228 cm³/mol. The second-order valence-corrected chi connectivity index (χ2v) is 14.8. The van der Waals surface area contributed by atoms with Gasteiger partial charge >= 0.3 is 0 Å². The molecule has 0 saturated carbocycles. The van der Waals surface area contributed by atoms with Crippen molar-refractivity contribution >= 4 is 44.6 Å². The summed E-state index contributed by atoms with van der Waals surface area (Å²) >= 11 is 0. The van der Waals surface area contributed by atoms with Crippen LogP contribution in [0.4, 0.5) is 22.7 Å². The first kappa shape index (κ1) is 31.9. The normalized spacial score (nSPS) is 12.9. The average molecular weight is 694 g/mol. The zero-order chi connectivity index (χ0) is 36.4. The number of nitrogen functional groups attached to an aromatic ring is 1. The molecule has 0 spiro atoms. The molecule has 0 saturated heterocycles. The molecule has 1 aliphatic carbocycles. The number of hydrogen-bond donors (Lipinski definition) is 1. The van der Waals surface area contributed by atoms with E-state index in [0.717, 1.165) is 34.0 Å². The van der Waals surface area contributed by atoms with Crippen molar-refractivity contribution in [3.63, 3.8) is 0 Å². The molecule has 1 aliphatic rings. The van der Waals surface area contributed by atoms with Gasteiger partial charge in [-0.3, -0.25) is 0 Å². The van der Waals surface area contributed by atoms with Gasteiger partial charge in [0.2, 0.25) is 0 Å².